The molecule has 0 aliphatic heterocycles. The Hall–Kier alpha value is -3.65. The molecule has 35 heavy (non-hydrogen) atoms. The summed E-state index contributed by atoms with van der Waals surface area (Å²) in [5.74, 6) is 1.20. The van der Waals surface area contributed by atoms with Gasteiger partial charge in [-0.25, -0.2) is 9.07 Å². The largest absolute Gasteiger partial charge is 0.493 e. The molecule has 1 aromatic heterocycles. The molecule has 0 unspecified atom stereocenters. The predicted octanol–water partition coefficient (Wildman–Crippen LogP) is 4.09. The Morgan fingerprint density at radius 2 is 1.83 bits per heavy atom. The van der Waals surface area contributed by atoms with Crippen LogP contribution in [0, 0.1) is 5.82 Å². The monoisotopic (exact) mass is 480 g/mol. The Labute approximate surface area is 205 Å². The van der Waals surface area contributed by atoms with E-state index in [0.717, 1.165) is 43.0 Å². The highest BCUT2D eigenvalue weighted by Crippen LogP contribution is 2.27. The van der Waals surface area contributed by atoms with E-state index in [0.29, 0.717) is 18.8 Å². The molecule has 2 aromatic carbocycles. The van der Waals surface area contributed by atoms with Crippen molar-refractivity contribution in [3.63, 3.8) is 0 Å². The smallest absolute Gasteiger partial charge is 0.290 e. The Balaban J connectivity index is 1.42. The molecule has 3 aromatic rings. The van der Waals surface area contributed by atoms with Gasteiger partial charge in [0.05, 0.1) is 20.8 Å². The van der Waals surface area contributed by atoms with E-state index in [1.165, 1.54) is 22.4 Å². The van der Waals surface area contributed by atoms with Crippen LogP contribution in [0.3, 0.4) is 0 Å². The lowest BCUT2D eigenvalue weighted by atomic mass is 10.1. The summed E-state index contributed by atoms with van der Waals surface area (Å²) in [6, 6.07) is 13.9. The maximum atomic E-state index is 13.0. The molecule has 3 rings (SSSR count). The second kappa shape index (κ2) is 13.3. The number of hydrogen-bond acceptors (Lipinski definition) is 6. The number of likely N-dealkylation sites (N-methyl/N-ethyl adjacent to an activating group) is 1. The van der Waals surface area contributed by atoms with E-state index in [9.17, 15) is 9.18 Å². The van der Waals surface area contributed by atoms with Crippen LogP contribution in [0.25, 0.3) is 6.08 Å². The molecule has 0 aliphatic rings. The summed E-state index contributed by atoms with van der Waals surface area (Å²) in [6.07, 6.45) is 7.09. The fourth-order valence-electron chi connectivity index (χ4n) is 3.62. The molecule has 0 amide bonds. The lowest BCUT2D eigenvalue weighted by molar-refractivity contribution is 0.335. The molecular formula is C27H33FN4O3. The highest BCUT2D eigenvalue weighted by Gasteiger charge is 2.07. The van der Waals surface area contributed by atoms with E-state index in [1.807, 2.05) is 24.3 Å². The van der Waals surface area contributed by atoms with Gasteiger partial charge < -0.3 is 19.7 Å². The number of allylic oxidation sites excluding steroid dienone is 1. The fraction of sp³-hybridized carbons (Fsp3) is 0.333. The summed E-state index contributed by atoms with van der Waals surface area (Å²) in [7, 11) is 5.37. The van der Waals surface area contributed by atoms with Gasteiger partial charge in [-0.3, -0.25) is 4.79 Å². The highest BCUT2D eigenvalue weighted by molar-refractivity contribution is 5.48. The topological polar surface area (TPSA) is 68.6 Å². The minimum absolute atomic E-state index is 0.168. The lowest BCUT2D eigenvalue weighted by Crippen LogP contribution is -2.27. The second-order valence-corrected chi connectivity index (χ2v) is 8.21. The third-order valence-corrected chi connectivity index (χ3v) is 5.63. The molecule has 0 saturated heterocycles. The van der Waals surface area contributed by atoms with Crippen molar-refractivity contribution >= 4 is 11.8 Å². The van der Waals surface area contributed by atoms with Gasteiger partial charge in [0, 0.05) is 19.3 Å². The van der Waals surface area contributed by atoms with E-state index in [2.05, 4.69) is 28.4 Å². The van der Waals surface area contributed by atoms with Crippen molar-refractivity contribution in [3.05, 3.63) is 88.1 Å². The minimum atomic E-state index is -0.275. The zero-order valence-electron chi connectivity index (χ0n) is 20.5. The molecule has 1 heterocycles. The molecule has 0 aliphatic carbocycles. The third kappa shape index (κ3) is 7.96. The number of hydrogen-bond donors (Lipinski definition) is 1. The standard InChI is InChI=1S/C27H33FN4O3/c1-31(19-14-22-9-12-25(34-2)26(20-22)35-3)17-5-15-29-24-13-16-30-32(27(24)33)18-4-6-21-7-10-23(28)11-8-21/h4,6-13,16,20,29H,5,14-15,17-19H2,1-3H3. The van der Waals surface area contributed by atoms with Crippen LogP contribution in [-0.4, -0.2) is 55.6 Å². The van der Waals surface area contributed by atoms with Crippen LogP contribution in [0.15, 0.2) is 65.6 Å². The predicted molar refractivity (Wildman–Crippen MR) is 138 cm³/mol. The van der Waals surface area contributed by atoms with Gasteiger partial charge >= 0.3 is 0 Å². The summed E-state index contributed by atoms with van der Waals surface area (Å²) < 4.78 is 25.1. The van der Waals surface area contributed by atoms with Crippen molar-refractivity contribution in [2.24, 2.45) is 0 Å². The summed E-state index contributed by atoms with van der Waals surface area (Å²) in [5, 5.41) is 7.37. The molecule has 7 nitrogen and oxygen atoms in total. The zero-order chi connectivity index (χ0) is 25.0. The van der Waals surface area contributed by atoms with E-state index < -0.39 is 0 Å². The number of benzene rings is 2. The maximum absolute atomic E-state index is 13.0. The Bertz CT molecular complexity index is 1160. The summed E-state index contributed by atoms with van der Waals surface area (Å²) in [5.41, 5.74) is 2.42. The average molecular weight is 481 g/mol. The Morgan fingerprint density at radius 1 is 1.06 bits per heavy atom. The molecule has 0 radical (unpaired) electrons. The average Bonchev–Trinajstić information content (AvgIpc) is 2.88. The first kappa shape index (κ1) is 26.0. The third-order valence-electron chi connectivity index (χ3n) is 5.63. The van der Waals surface area contributed by atoms with Crippen molar-refractivity contribution in [1.29, 1.82) is 0 Å². The number of ether oxygens (including phenoxy) is 2. The van der Waals surface area contributed by atoms with Crippen LogP contribution in [0.4, 0.5) is 10.1 Å². The summed E-state index contributed by atoms with van der Waals surface area (Å²) in [4.78, 5) is 14.9. The SMILES string of the molecule is COc1ccc(CCN(C)CCCNc2ccnn(CC=Cc3ccc(F)cc3)c2=O)cc1OC. The first-order valence-corrected chi connectivity index (χ1v) is 11.6. The van der Waals surface area contributed by atoms with Crippen molar-refractivity contribution < 1.29 is 13.9 Å². The molecule has 0 atom stereocenters. The molecule has 0 saturated carbocycles. The molecule has 8 heteroatoms. The van der Waals surface area contributed by atoms with E-state index >= 15 is 0 Å². The minimum Gasteiger partial charge on any atom is -0.493 e. The van der Waals surface area contributed by atoms with Crippen LogP contribution in [0.5, 0.6) is 11.5 Å². The van der Waals surface area contributed by atoms with Crippen LogP contribution in [0.2, 0.25) is 0 Å². The van der Waals surface area contributed by atoms with Crippen LogP contribution >= 0.6 is 0 Å². The van der Waals surface area contributed by atoms with Gasteiger partial charge in [-0.15, -0.1) is 0 Å². The number of halogens is 1. The van der Waals surface area contributed by atoms with Crippen LogP contribution < -0.4 is 20.3 Å². The van der Waals surface area contributed by atoms with Gasteiger partial charge in [-0.2, -0.15) is 5.10 Å². The van der Waals surface area contributed by atoms with Gasteiger partial charge in [-0.1, -0.05) is 30.4 Å². The van der Waals surface area contributed by atoms with E-state index in [1.54, 1.807) is 38.6 Å². The molecular weight excluding hydrogens is 447 g/mol. The molecule has 0 fully saturated rings. The second-order valence-electron chi connectivity index (χ2n) is 8.21. The summed E-state index contributed by atoms with van der Waals surface area (Å²) in [6.45, 7) is 2.84. The number of aromatic nitrogens is 2. The number of nitrogens with zero attached hydrogens (tertiary/aromatic N) is 3. The van der Waals surface area contributed by atoms with Gasteiger partial charge in [0.1, 0.15) is 11.5 Å². The van der Waals surface area contributed by atoms with Crippen molar-refractivity contribution in [1.82, 2.24) is 14.7 Å². The number of methoxy groups -OCH3 is 2. The number of nitrogens with one attached hydrogen (secondary N) is 1. The Morgan fingerprint density at radius 3 is 2.57 bits per heavy atom. The van der Waals surface area contributed by atoms with E-state index in [4.69, 9.17) is 9.47 Å². The molecule has 0 spiro atoms. The first-order valence-electron chi connectivity index (χ1n) is 11.6. The van der Waals surface area contributed by atoms with Crippen molar-refractivity contribution in [2.45, 2.75) is 19.4 Å². The zero-order valence-corrected chi connectivity index (χ0v) is 20.5. The molecule has 186 valence electrons. The van der Waals surface area contributed by atoms with Gasteiger partial charge in [0.2, 0.25) is 0 Å². The summed E-state index contributed by atoms with van der Waals surface area (Å²) >= 11 is 0. The van der Waals surface area contributed by atoms with Crippen molar-refractivity contribution in [3.8, 4) is 11.5 Å². The van der Waals surface area contributed by atoms with E-state index in [-0.39, 0.29) is 11.4 Å². The highest BCUT2D eigenvalue weighted by atomic mass is 19.1. The Kier molecular flexibility index (Phi) is 9.86. The van der Waals surface area contributed by atoms with Gasteiger partial charge in [-0.05, 0) is 67.9 Å². The number of rotatable bonds is 13. The quantitative estimate of drug-likeness (QED) is 0.372. The van der Waals surface area contributed by atoms with Crippen molar-refractivity contribution in [2.75, 3.05) is 46.2 Å². The van der Waals surface area contributed by atoms with Crippen LogP contribution in [-0.2, 0) is 13.0 Å². The normalized spacial score (nSPS) is 11.2. The molecule has 1 N–H and O–H groups in total. The number of anilines is 1. The maximum Gasteiger partial charge on any atom is 0.290 e. The lowest BCUT2D eigenvalue weighted by Gasteiger charge is -2.17. The molecule has 0 bridgehead atoms. The first-order chi connectivity index (χ1) is 17.0. The fourth-order valence-corrected chi connectivity index (χ4v) is 3.62. The van der Waals surface area contributed by atoms with Gasteiger partial charge in [0.15, 0.2) is 11.5 Å². The van der Waals surface area contributed by atoms with Gasteiger partial charge in [0.25, 0.3) is 5.56 Å². The van der Waals surface area contributed by atoms with Crippen LogP contribution in [0.1, 0.15) is 17.5 Å².